The lowest BCUT2D eigenvalue weighted by molar-refractivity contribution is -0.135. The maximum atomic E-state index is 12.7. The van der Waals surface area contributed by atoms with Crippen LogP contribution in [0.4, 0.5) is 0 Å². The van der Waals surface area contributed by atoms with Gasteiger partial charge in [-0.3, -0.25) is 4.79 Å². The van der Waals surface area contributed by atoms with E-state index in [1.807, 2.05) is 49.7 Å². The molecular weight excluding hydrogens is 304 g/mol. The molecule has 24 heavy (non-hydrogen) atoms. The Hall–Kier alpha value is -2.37. The third-order valence-corrected chi connectivity index (χ3v) is 4.24. The van der Waals surface area contributed by atoms with Crippen molar-refractivity contribution in [1.29, 1.82) is 0 Å². The molecule has 6 nitrogen and oxygen atoms in total. The summed E-state index contributed by atoms with van der Waals surface area (Å²) in [6, 6.07) is 7.94. The van der Waals surface area contributed by atoms with Gasteiger partial charge in [-0.1, -0.05) is 12.1 Å². The topological polar surface area (TPSA) is 60.2 Å². The van der Waals surface area contributed by atoms with Gasteiger partial charge in [0.05, 0.1) is 12.0 Å². The molecule has 1 atom stereocenters. The molecule has 0 fully saturated rings. The first-order valence-corrected chi connectivity index (χ1v) is 8.40. The zero-order chi connectivity index (χ0) is 17.1. The van der Waals surface area contributed by atoms with Crippen molar-refractivity contribution in [3.8, 4) is 5.75 Å². The van der Waals surface area contributed by atoms with Crippen molar-refractivity contribution in [3.05, 3.63) is 42.0 Å². The Morgan fingerprint density at radius 2 is 2.29 bits per heavy atom. The number of ether oxygens (including phenoxy) is 1. The van der Waals surface area contributed by atoms with E-state index in [1.54, 1.807) is 11.2 Å². The first kappa shape index (κ1) is 16.5. The Kier molecular flexibility index (Phi) is 4.83. The molecule has 1 aromatic heterocycles. The van der Waals surface area contributed by atoms with Gasteiger partial charge < -0.3 is 14.2 Å². The maximum absolute atomic E-state index is 12.7. The standard InChI is InChI=1S/C18H24N4O2/c1-13(2)24-16-6-4-5-14(9-16)10-21(3)18(23)15-7-8-17-20-19-12-22(17)11-15/h4-6,9,12-13,15H,7-8,10-11H2,1-3H3. The quantitative estimate of drug-likeness (QED) is 0.845. The molecule has 1 amide bonds. The zero-order valence-electron chi connectivity index (χ0n) is 14.5. The normalized spacial score (nSPS) is 16.8. The van der Waals surface area contributed by atoms with E-state index in [2.05, 4.69) is 10.2 Å². The predicted octanol–water partition coefficient (Wildman–Crippen LogP) is 2.29. The van der Waals surface area contributed by atoms with Crippen LogP contribution in [0.2, 0.25) is 0 Å². The molecule has 0 spiro atoms. The highest BCUT2D eigenvalue weighted by molar-refractivity contribution is 5.78. The first-order chi connectivity index (χ1) is 11.5. The minimum absolute atomic E-state index is 0.00593. The van der Waals surface area contributed by atoms with Crippen molar-refractivity contribution >= 4 is 5.91 Å². The van der Waals surface area contributed by atoms with E-state index in [-0.39, 0.29) is 17.9 Å². The molecule has 2 aromatic rings. The van der Waals surface area contributed by atoms with Crippen LogP contribution in [-0.4, -0.2) is 38.7 Å². The van der Waals surface area contributed by atoms with Crippen LogP contribution < -0.4 is 4.74 Å². The molecule has 6 heteroatoms. The molecule has 1 unspecified atom stereocenters. The number of fused-ring (bicyclic) bond motifs is 1. The largest absolute Gasteiger partial charge is 0.491 e. The molecule has 0 saturated carbocycles. The molecule has 0 saturated heterocycles. The molecule has 3 rings (SSSR count). The number of carbonyl (C=O) groups is 1. The van der Waals surface area contributed by atoms with Gasteiger partial charge in [0, 0.05) is 26.6 Å². The van der Waals surface area contributed by atoms with E-state index in [4.69, 9.17) is 4.74 Å². The highest BCUT2D eigenvalue weighted by Gasteiger charge is 2.27. The molecule has 0 N–H and O–H groups in total. The van der Waals surface area contributed by atoms with Gasteiger partial charge in [-0.2, -0.15) is 0 Å². The summed E-state index contributed by atoms with van der Waals surface area (Å²) < 4.78 is 7.71. The molecule has 0 aliphatic carbocycles. The zero-order valence-corrected chi connectivity index (χ0v) is 14.5. The number of aromatic nitrogens is 3. The van der Waals surface area contributed by atoms with Crippen molar-refractivity contribution in [2.75, 3.05) is 7.05 Å². The average Bonchev–Trinajstić information content (AvgIpc) is 3.01. The van der Waals surface area contributed by atoms with E-state index in [0.717, 1.165) is 30.0 Å². The molecule has 128 valence electrons. The number of rotatable bonds is 5. The van der Waals surface area contributed by atoms with Gasteiger partial charge >= 0.3 is 0 Å². The summed E-state index contributed by atoms with van der Waals surface area (Å²) in [5.74, 6) is 1.98. The Labute approximate surface area is 142 Å². The number of nitrogens with zero attached hydrogens (tertiary/aromatic N) is 4. The Bertz CT molecular complexity index is 711. The lowest BCUT2D eigenvalue weighted by Crippen LogP contribution is -2.37. The molecule has 0 radical (unpaired) electrons. The fourth-order valence-corrected chi connectivity index (χ4v) is 3.11. The van der Waals surface area contributed by atoms with E-state index >= 15 is 0 Å². The lowest BCUT2D eigenvalue weighted by Gasteiger charge is -2.27. The summed E-state index contributed by atoms with van der Waals surface area (Å²) in [7, 11) is 1.86. The highest BCUT2D eigenvalue weighted by atomic mass is 16.5. The van der Waals surface area contributed by atoms with Crippen LogP contribution in [0.1, 0.15) is 31.7 Å². The number of benzene rings is 1. The van der Waals surface area contributed by atoms with Gasteiger partial charge in [-0.05, 0) is 38.0 Å². The van der Waals surface area contributed by atoms with Crippen LogP contribution in [0.5, 0.6) is 5.75 Å². The molecule has 2 heterocycles. The van der Waals surface area contributed by atoms with Crippen molar-refractivity contribution in [3.63, 3.8) is 0 Å². The van der Waals surface area contributed by atoms with Crippen LogP contribution in [0.3, 0.4) is 0 Å². The van der Waals surface area contributed by atoms with Gasteiger partial charge in [0.15, 0.2) is 0 Å². The molecule has 1 aromatic carbocycles. The van der Waals surface area contributed by atoms with Crippen LogP contribution in [0, 0.1) is 5.92 Å². The van der Waals surface area contributed by atoms with Crippen molar-refractivity contribution < 1.29 is 9.53 Å². The predicted molar refractivity (Wildman–Crippen MR) is 90.5 cm³/mol. The number of hydrogen-bond acceptors (Lipinski definition) is 4. The minimum atomic E-state index is -0.00593. The van der Waals surface area contributed by atoms with Gasteiger partial charge in [0.2, 0.25) is 5.91 Å². The monoisotopic (exact) mass is 328 g/mol. The van der Waals surface area contributed by atoms with E-state index in [0.29, 0.717) is 13.1 Å². The SMILES string of the molecule is CC(C)Oc1cccc(CN(C)C(=O)C2CCc3nncn3C2)c1. The Morgan fingerprint density at radius 3 is 3.08 bits per heavy atom. The second-order valence-corrected chi connectivity index (χ2v) is 6.64. The third kappa shape index (κ3) is 3.75. The van der Waals surface area contributed by atoms with E-state index in [9.17, 15) is 4.79 Å². The van der Waals surface area contributed by atoms with Crippen molar-refractivity contribution in [1.82, 2.24) is 19.7 Å². The molecule has 1 aliphatic heterocycles. The van der Waals surface area contributed by atoms with Crippen LogP contribution in [0.25, 0.3) is 0 Å². The number of carbonyl (C=O) groups excluding carboxylic acids is 1. The Balaban J connectivity index is 1.62. The van der Waals surface area contributed by atoms with Gasteiger partial charge in [0.25, 0.3) is 0 Å². The minimum Gasteiger partial charge on any atom is -0.491 e. The van der Waals surface area contributed by atoms with Crippen LogP contribution in [0.15, 0.2) is 30.6 Å². The molecule has 0 bridgehead atoms. The van der Waals surface area contributed by atoms with Crippen molar-refractivity contribution in [2.24, 2.45) is 5.92 Å². The number of amides is 1. The van der Waals surface area contributed by atoms with Crippen LogP contribution in [-0.2, 0) is 24.3 Å². The summed E-state index contributed by atoms with van der Waals surface area (Å²) in [6.45, 7) is 5.26. The summed E-state index contributed by atoms with van der Waals surface area (Å²) >= 11 is 0. The second-order valence-electron chi connectivity index (χ2n) is 6.64. The van der Waals surface area contributed by atoms with E-state index < -0.39 is 0 Å². The average molecular weight is 328 g/mol. The maximum Gasteiger partial charge on any atom is 0.227 e. The van der Waals surface area contributed by atoms with Gasteiger partial charge in [0.1, 0.15) is 17.9 Å². The molecular formula is C18H24N4O2. The van der Waals surface area contributed by atoms with Gasteiger partial charge in [-0.25, -0.2) is 0 Å². The Morgan fingerprint density at radius 1 is 1.46 bits per heavy atom. The summed E-state index contributed by atoms with van der Waals surface area (Å²) in [6.07, 6.45) is 3.49. The van der Waals surface area contributed by atoms with Gasteiger partial charge in [-0.15, -0.1) is 10.2 Å². The number of aryl methyl sites for hydroxylation is 1. The third-order valence-electron chi connectivity index (χ3n) is 4.24. The summed E-state index contributed by atoms with van der Waals surface area (Å²) in [4.78, 5) is 14.5. The summed E-state index contributed by atoms with van der Waals surface area (Å²) in [5, 5.41) is 7.99. The van der Waals surface area contributed by atoms with Crippen LogP contribution >= 0.6 is 0 Å². The lowest BCUT2D eigenvalue weighted by atomic mass is 9.98. The second kappa shape index (κ2) is 7.03. The number of hydrogen-bond donors (Lipinski definition) is 0. The highest BCUT2D eigenvalue weighted by Crippen LogP contribution is 2.21. The summed E-state index contributed by atoms with van der Waals surface area (Å²) in [5.41, 5.74) is 1.07. The van der Waals surface area contributed by atoms with E-state index in [1.165, 1.54) is 0 Å². The molecule has 1 aliphatic rings. The fourth-order valence-electron chi connectivity index (χ4n) is 3.11. The fraction of sp³-hybridized carbons (Fsp3) is 0.500. The first-order valence-electron chi connectivity index (χ1n) is 8.40. The smallest absolute Gasteiger partial charge is 0.227 e. The van der Waals surface area contributed by atoms with Crippen molar-refractivity contribution in [2.45, 2.75) is 45.9 Å².